The van der Waals surface area contributed by atoms with E-state index in [0.29, 0.717) is 13.1 Å². The monoisotopic (exact) mass is 377 g/mol. The molecule has 1 aliphatic rings. The molecule has 1 aromatic carbocycles. The molecule has 1 aromatic rings. The van der Waals surface area contributed by atoms with Gasteiger partial charge in [-0.15, -0.1) is 0 Å². The minimum absolute atomic E-state index is 0.0594. The number of ether oxygens (including phenoxy) is 2. The number of amides is 2. The van der Waals surface area contributed by atoms with Crippen molar-refractivity contribution in [3.05, 3.63) is 35.9 Å². The Labute approximate surface area is 161 Å². The van der Waals surface area contributed by atoms with Crippen molar-refractivity contribution in [2.45, 2.75) is 51.9 Å². The number of carbonyl (C=O) groups is 2. The molecule has 7 nitrogen and oxygen atoms in total. The van der Waals surface area contributed by atoms with E-state index in [1.165, 1.54) is 0 Å². The predicted octanol–water partition coefficient (Wildman–Crippen LogP) is 2.90. The summed E-state index contributed by atoms with van der Waals surface area (Å²) in [6.07, 6.45) is 0.770. The Morgan fingerprint density at radius 3 is 2.37 bits per heavy atom. The average Bonchev–Trinajstić information content (AvgIpc) is 2.61. The highest BCUT2D eigenvalue weighted by Gasteiger charge is 2.22. The van der Waals surface area contributed by atoms with E-state index >= 15 is 0 Å². The summed E-state index contributed by atoms with van der Waals surface area (Å²) in [5, 5.41) is 5.55. The lowest BCUT2D eigenvalue weighted by Crippen LogP contribution is -2.43. The molecule has 0 saturated carbocycles. The van der Waals surface area contributed by atoms with Gasteiger partial charge in [-0.25, -0.2) is 9.59 Å². The van der Waals surface area contributed by atoms with Crippen LogP contribution in [0.4, 0.5) is 9.59 Å². The molecular weight excluding hydrogens is 346 g/mol. The second-order valence-corrected chi connectivity index (χ2v) is 7.71. The first-order valence-corrected chi connectivity index (χ1v) is 9.49. The van der Waals surface area contributed by atoms with Gasteiger partial charge in [0.15, 0.2) is 0 Å². The summed E-state index contributed by atoms with van der Waals surface area (Å²) in [4.78, 5) is 25.8. The molecule has 0 unspecified atom stereocenters. The number of nitrogens with zero attached hydrogens (tertiary/aromatic N) is 1. The van der Waals surface area contributed by atoms with Crippen LogP contribution in [0.5, 0.6) is 0 Å². The third kappa shape index (κ3) is 8.77. The second kappa shape index (κ2) is 10.2. The van der Waals surface area contributed by atoms with Gasteiger partial charge in [0.2, 0.25) is 0 Å². The lowest BCUT2D eigenvalue weighted by molar-refractivity contribution is 0.0449. The number of rotatable bonds is 6. The zero-order valence-corrected chi connectivity index (χ0v) is 16.5. The van der Waals surface area contributed by atoms with E-state index in [4.69, 9.17) is 9.47 Å². The quantitative estimate of drug-likeness (QED) is 0.797. The van der Waals surface area contributed by atoms with Crippen molar-refractivity contribution in [1.82, 2.24) is 15.5 Å². The van der Waals surface area contributed by atoms with Crippen molar-refractivity contribution in [1.29, 1.82) is 0 Å². The number of benzene rings is 1. The highest BCUT2D eigenvalue weighted by atomic mass is 16.6. The van der Waals surface area contributed by atoms with E-state index in [1.54, 1.807) is 0 Å². The summed E-state index contributed by atoms with van der Waals surface area (Å²) >= 11 is 0. The first-order valence-electron chi connectivity index (χ1n) is 9.49. The molecule has 0 radical (unpaired) electrons. The van der Waals surface area contributed by atoms with Crippen LogP contribution in [-0.2, 0) is 16.0 Å². The molecular formula is C20H31N3O4. The summed E-state index contributed by atoms with van der Waals surface area (Å²) in [5.74, 6) is 0. The Hall–Kier alpha value is -2.28. The molecule has 2 rings (SSSR count). The van der Waals surface area contributed by atoms with E-state index in [-0.39, 0.29) is 12.2 Å². The number of nitrogens with one attached hydrogen (secondary N) is 2. The zero-order valence-electron chi connectivity index (χ0n) is 16.5. The zero-order chi connectivity index (χ0) is 19.7. The summed E-state index contributed by atoms with van der Waals surface area (Å²) in [6, 6.07) is 9.75. The van der Waals surface area contributed by atoms with Crippen LogP contribution in [0.3, 0.4) is 0 Å². The van der Waals surface area contributed by atoms with Crippen molar-refractivity contribution in [2.75, 3.05) is 26.2 Å². The van der Waals surface area contributed by atoms with Crippen LogP contribution in [0, 0.1) is 0 Å². The Morgan fingerprint density at radius 1 is 1.07 bits per heavy atom. The van der Waals surface area contributed by atoms with E-state index in [0.717, 1.165) is 38.0 Å². The van der Waals surface area contributed by atoms with Gasteiger partial charge in [-0.2, -0.15) is 0 Å². The van der Waals surface area contributed by atoms with Gasteiger partial charge >= 0.3 is 12.2 Å². The molecule has 2 N–H and O–H groups in total. The highest BCUT2D eigenvalue weighted by Crippen LogP contribution is 2.13. The Morgan fingerprint density at radius 2 is 1.74 bits per heavy atom. The molecule has 1 fully saturated rings. The summed E-state index contributed by atoms with van der Waals surface area (Å²) in [7, 11) is 0. The second-order valence-electron chi connectivity index (χ2n) is 7.71. The first kappa shape index (κ1) is 21.0. The minimum atomic E-state index is -0.485. The van der Waals surface area contributed by atoms with Crippen LogP contribution in [0.15, 0.2) is 30.3 Å². The maximum atomic E-state index is 11.9. The predicted molar refractivity (Wildman–Crippen MR) is 103 cm³/mol. The van der Waals surface area contributed by atoms with Crippen LogP contribution >= 0.6 is 0 Å². The fourth-order valence-electron chi connectivity index (χ4n) is 2.84. The topological polar surface area (TPSA) is 79.9 Å². The molecule has 1 heterocycles. The fourth-order valence-corrected chi connectivity index (χ4v) is 2.84. The highest BCUT2D eigenvalue weighted by molar-refractivity contribution is 5.67. The summed E-state index contributed by atoms with van der Waals surface area (Å²) < 4.78 is 10.7. The molecule has 0 atom stereocenters. The van der Waals surface area contributed by atoms with Crippen LogP contribution in [0.2, 0.25) is 0 Å². The standard InChI is InChI=1S/C20H31N3O4/c1-20(2,3)27-19(25)21-11-14-23-12-9-17(10-13-23)26-18(24)22-15-16-7-5-4-6-8-16/h4-8,17H,9-15H2,1-3H3,(H,21,25)(H,22,24). The Bertz CT molecular complexity index is 593. The number of hydrogen-bond acceptors (Lipinski definition) is 5. The molecule has 1 aliphatic heterocycles. The van der Waals surface area contributed by atoms with Crippen LogP contribution in [-0.4, -0.2) is 55.0 Å². The number of piperidine rings is 1. The van der Waals surface area contributed by atoms with Crippen LogP contribution in [0.25, 0.3) is 0 Å². The van der Waals surface area contributed by atoms with Gasteiger partial charge in [-0.05, 0) is 39.2 Å². The van der Waals surface area contributed by atoms with Crippen molar-refractivity contribution >= 4 is 12.2 Å². The van der Waals surface area contributed by atoms with Crippen molar-refractivity contribution in [2.24, 2.45) is 0 Å². The smallest absolute Gasteiger partial charge is 0.407 e. The summed E-state index contributed by atoms with van der Waals surface area (Å²) in [6.45, 7) is 8.96. The number of alkyl carbamates (subject to hydrolysis) is 2. The molecule has 0 bridgehead atoms. The maximum Gasteiger partial charge on any atom is 0.407 e. The normalized spacial score (nSPS) is 15.8. The molecule has 0 aromatic heterocycles. The average molecular weight is 377 g/mol. The fraction of sp³-hybridized carbons (Fsp3) is 0.600. The maximum absolute atomic E-state index is 11.9. The molecule has 150 valence electrons. The molecule has 27 heavy (non-hydrogen) atoms. The third-order valence-electron chi connectivity index (χ3n) is 4.18. The summed E-state index contributed by atoms with van der Waals surface area (Å²) in [5.41, 5.74) is 0.558. The SMILES string of the molecule is CC(C)(C)OC(=O)NCCN1CCC(OC(=O)NCc2ccccc2)CC1. The van der Waals surface area contributed by atoms with E-state index in [1.807, 2.05) is 51.1 Å². The van der Waals surface area contributed by atoms with Gasteiger partial charge in [0.05, 0.1) is 0 Å². The third-order valence-corrected chi connectivity index (χ3v) is 4.18. The Balaban J connectivity index is 1.57. The van der Waals surface area contributed by atoms with Crippen LogP contribution in [0.1, 0.15) is 39.2 Å². The van der Waals surface area contributed by atoms with Gasteiger partial charge < -0.3 is 25.0 Å². The number of hydrogen-bond donors (Lipinski definition) is 2. The largest absolute Gasteiger partial charge is 0.446 e. The molecule has 1 saturated heterocycles. The van der Waals surface area contributed by atoms with E-state index in [9.17, 15) is 9.59 Å². The molecule has 0 spiro atoms. The van der Waals surface area contributed by atoms with Gasteiger partial charge in [0, 0.05) is 32.7 Å². The van der Waals surface area contributed by atoms with Gasteiger partial charge in [-0.3, -0.25) is 0 Å². The lowest BCUT2D eigenvalue weighted by Gasteiger charge is -2.31. The Kier molecular flexibility index (Phi) is 7.91. The molecule has 7 heteroatoms. The van der Waals surface area contributed by atoms with Crippen molar-refractivity contribution in [3.8, 4) is 0 Å². The van der Waals surface area contributed by atoms with Gasteiger partial charge in [-0.1, -0.05) is 30.3 Å². The lowest BCUT2D eigenvalue weighted by atomic mass is 10.1. The molecule has 0 aliphatic carbocycles. The van der Waals surface area contributed by atoms with Gasteiger partial charge in [0.25, 0.3) is 0 Å². The van der Waals surface area contributed by atoms with Crippen molar-refractivity contribution in [3.63, 3.8) is 0 Å². The number of likely N-dealkylation sites (tertiary alicyclic amines) is 1. The van der Waals surface area contributed by atoms with E-state index in [2.05, 4.69) is 15.5 Å². The van der Waals surface area contributed by atoms with Crippen LogP contribution < -0.4 is 10.6 Å². The van der Waals surface area contributed by atoms with Gasteiger partial charge in [0.1, 0.15) is 11.7 Å². The minimum Gasteiger partial charge on any atom is -0.446 e. The first-order chi connectivity index (χ1) is 12.8. The van der Waals surface area contributed by atoms with Crippen molar-refractivity contribution < 1.29 is 19.1 Å². The molecule has 2 amide bonds. The number of carbonyl (C=O) groups excluding carboxylic acids is 2. The van der Waals surface area contributed by atoms with E-state index < -0.39 is 11.7 Å².